The molecule has 6 aromatic rings. The summed E-state index contributed by atoms with van der Waals surface area (Å²) in [6, 6.07) is 22.0. The van der Waals surface area contributed by atoms with Crippen LogP contribution in [-0.2, 0) is 18.1 Å². The molecule has 1 aliphatic heterocycles. The predicted molar refractivity (Wildman–Crippen MR) is 178 cm³/mol. The molecule has 1 fully saturated rings. The van der Waals surface area contributed by atoms with E-state index in [1.807, 2.05) is 36.4 Å². The summed E-state index contributed by atoms with van der Waals surface area (Å²) in [5, 5.41) is 38.4. The smallest absolute Gasteiger partial charge is 0.378 e. The predicted octanol–water partition coefficient (Wildman–Crippen LogP) is 5.06. The molecule has 0 radical (unpaired) electrons. The van der Waals surface area contributed by atoms with Gasteiger partial charge < -0.3 is 20.0 Å². The average molecular weight is 737 g/mol. The van der Waals surface area contributed by atoms with Crippen molar-refractivity contribution >= 4 is 11.4 Å². The lowest BCUT2D eigenvalue weighted by molar-refractivity contribution is -0.208. The zero-order valence-electron chi connectivity index (χ0n) is 27.6. The van der Waals surface area contributed by atoms with Crippen molar-refractivity contribution in [1.29, 1.82) is 0 Å². The van der Waals surface area contributed by atoms with Crippen LogP contribution in [-0.4, -0.2) is 82.8 Å². The number of hydrogen-bond acceptors (Lipinski definition) is 10. The number of anilines is 2. The van der Waals surface area contributed by atoms with Crippen LogP contribution in [0.1, 0.15) is 23.1 Å². The molecule has 0 bridgehead atoms. The molecule has 0 amide bonds. The van der Waals surface area contributed by atoms with E-state index in [0.717, 1.165) is 52.3 Å². The number of tetrazole rings is 1. The third kappa shape index (κ3) is 7.02. The second-order valence-corrected chi connectivity index (χ2v) is 12.4. The zero-order chi connectivity index (χ0) is 37.4. The molecular formula is C35H30F6N10O2. The fourth-order valence-corrected chi connectivity index (χ4v) is 6.20. The summed E-state index contributed by atoms with van der Waals surface area (Å²) in [6.07, 6.45) is -4.20. The molecule has 1 aliphatic rings. The van der Waals surface area contributed by atoms with E-state index in [0.29, 0.717) is 37.4 Å². The highest BCUT2D eigenvalue weighted by Gasteiger charge is 2.57. The quantitative estimate of drug-likeness (QED) is 0.184. The molecule has 0 spiro atoms. The van der Waals surface area contributed by atoms with E-state index in [2.05, 4.69) is 40.6 Å². The van der Waals surface area contributed by atoms with Crippen molar-refractivity contribution in [3.63, 3.8) is 0 Å². The first-order chi connectivity index (χ1) is 25.3. The fourth-order valence-electron chi connectivity index (χ4n) is 6.20. The standard InChI is InChI=1S/C35H30F6N10O2/c36-29-4-2-1-3-28(29)33(53,21-50-22-43-45-47-50)34(37,38)31-14-7-24(19-42-31)23-5-8-25(9-6-23)48-15-17-49(18-16-48)26-10-12-27(13-11-26)51-20-30(44-46-51)32(52)35(39,40)41/h1-14,19-20,22,32,52-53H,15-18,21H2. The van der Waals surface area contributed by atoms with Crippen LogP contribution in [0.3, 0.4) is 0 Å². The molecule has 0 aliphatic carbocycles. The number of halogens is 6. The number of aliphatic hydroxyl groups excluding tert-OH is 1. The molecule has 18 heteroatoms. The van der Waals surface area contributed by atoms with Crippen LogP contribution >= 0.6 is 0 Å². The molecular weight excluding hydrogens is 706 g/mol. The minimum Gasteiger partial charge on any atom is -0.378 e. The Morgan fingerprint density at radius 2 is 1.34 bits per heavy atom. The van der Waals surface area contributed by atoms with Crippen molar-refractivity contribution in [1.82, 2.24) is 40.2 Å². The maximum atomic E-state index is 16.1. The molecule has 3 aromatic carbocycles. The lowest BCUT2D eigenvalue weighted by Gasteiger charge is -2.37. The highest BCUT2D eigenvalue weighted by atomic mass is 19.4. The maximum absolute atomic E-state index is 16.1. The van der Waals surface area contributed by atoms with Gasteiger partial charge in [-0.3, -0.25) is 4.98 Å². The van der Waals surface area contributed by atoms with Gasteiger partial charge in [0.1, 0.15) is 23.5 Å². The first kappa shape index (κ1) is 35.5. The molecule has 4 heterocycles. The van der Waals surface area contributed by atoms with E-state index >= 15 is 8.78 Å². The van der Waals surface area contributed by atoms with Crippen molar-refractivity contribution < 1.29 is 36.6 Å². The number of rotatable bonds is 10. The molecule has 53 heavy (non-hydrogen) atoms. The van der Waals surface area contributed by atoms with Gasteiger partial charge >= 0.3 is 12.1 Å². The number of benzene rings is 3. The summed E-state index contributed by atoms with van der Waals surface area (Å²) in [4.78, 5) is 8.37. The third-order valence-electron chi connectivity index (χ3n) is 9.13. The Kier molecular flexibility index (Phi) is 9.33. The van der Waals surface area contributed by atoms with Gasteiger partial charge in [0, 0.05) is 54.9 Å². The number of aliphatic hydroxyl groups is 2. The molecule has 274 valence electrons. The van der Waals surface area contributed by atoms with Crippen molar-refractivity contribution in [2.75, 3.05) is 36.0 Å². The van der Waals surface area contributed by atoms with E-state index in [-0.39, 0.29) is 0 Å². The van der Waals surface area contributed by atoms with Gasteiger partial charge in [0.15, 0.2) is 11.7 Å². The summed E-state index contributed by atoms with van der Waals surface area (Å²) in [5.74, 6) is -5.08. The normalized spacial score (nSPS) is 15.7. The van der Waals surface area contributed by atoms with Crippen molar-refractivity contribution in [2.24, 2.45) is 0 Å². The lowest BCUT2D eigenvalue weighted by Crippen LogP contribution is -2.48. The van der Waals surface area contributed by atoms with Crippen LogP contribution in [0.4, 0.5) is 37.7 Å². The molecule has 3 aromatic heterocycles. The Hall–Kier alpha value is -5.88. The second-order valence-electron chi connectivity index (χ2n) is 12.4. The number of aromatic nitrogens is 8. The van der Waals surface area contributed by atoms with Crippen molar-refractivity contribution in [3.8, 4) is 16.8 Å². The van der Waals surface area contributed by atoms with E-state index in [1.54, 1.807) is 12.1 Å². The highest BCUT2D eigenvalue weighted by Crippen LogP contribution is 2.46. The van der Waals surface area contributed by atoms with Crippen LogP contribution < -0.4 is 9.80 Å². The maximum Gasteiger partial charge on any atom is 0.420 e. The first-order valence-corrected chi connectivity index (χ1v) is 16.2. The van der Waals surface area contributed by atoms with Gasteiger partial charge in [-0.15, -0.1) is 10.2 Å². The Morgan fingerprint density at radius 3 is 1.91 bits per heavy atom. The molecule has 2 atom stereocenters. The summed E-state index contributed by atoms with van der Waals surface area (Å²) >= 11 is 0. The number of pyridine rings is 1. The molecule has 0 saturated carbocycles. The summed E-state index contributed by atoms with van der Waals surface area (Å²) in [7, 11) is 0. The van der Waals surface area contributed by atoms with Gasteiger partial charge in [-0.05, 0) is 64.5 Å². The van der Waals surface area contributed by atoms with Gasteiger partial charge in [0.05, 0.1) is 18.4 Å². The highest BCUT2D eigenvalue weighted by molar-refractivity contribution is 5.66. The van der Waals surface area contributed by atoms with Gasteiger partial charge in [-0.1, -0.05) is 41.6 Å². The molecule has 12 nitrogen and oxygen atoms in total. The minimum absolute atomic E-state index is 0.490. The van der Waals surface area contributed by atoms with Crippen LogP contribution in [0.5, 0.6) is 0 Å². The lowest BCUT2D eigenvalue weighted by atomic mass is 9.84. The Labute approximate surface area is 297 Å². The van der Waals surface area contributed by atoms with Gasteiger partial charge in [-0.2, -0.15) is 22.0 Å². The van der Waals surface area contributed by atoms with E-state index in [4.69, 9.17) is 0 Å². The molecule has 1 saturated heterocycles. The van der Waals surface area contributed by atoms with Crippen LogP contribution in [0.15, 0.2) is 104 Å². The largest absolute Gasteiger partial charge is 0.420 e. The van der Waals surface area contributed by atoms with Crippen LogP contribution in [0.25, 0.3) is 16.8 Å². The van der Waals surface area contributed by atoms with E-state index in [1.165, 1.54) is 29.1 Å². The average Bonchev–Trinajstić information content (AvgIpc) is 3.88. The van der Waals surface area contributed by atoms with E-state index in [9.17, 15) is 27.8 Å². The van der Waals surface area contributed by atoms with Crippen molar-refractivity contribution in [3.05, 3.63) is 126 Å². The van der Waals surface area contributed by atoms with Crippen molar-refractivity contribution in [2.45, 2.75) is 30.3 Å². The number of hydrogen-bond donors (Lipinski definition) is 2. The second kappa shape index (κ2) is 13.9. The Balaban J connectivity index is 0.993. The number of piperazine rings is 1. The summed E-state index contributed by atoms with van der Waals surface area (Å²) < 4.78 is 87.6. The van der Waals surface area contributed by atoms with Gasteiger partial charge in [-0.25, -0.2) is 13.8 Å². The monoisotopic (exact) mass is 736 g/mol. The SMILES string of the molecule is OC(c1cn(-c2ccc(N3CCN(c4ccc(-c5ccc(C(F)(F)C(O)(Cn6cnnn6)c6ccccc6F)nc5)cc4)CC3)cc2)nn1)C(F)(F)F. The van der Waals surface area contributed by atoms with Crippen LogP contribution in [0.2, 0.25) is 0 Å². The minimum atomic E-state index is -4.84. The Bertz CT molecular complexity index is 2140. The molecule has 2 N–H and O–H groups in total. The number of alkyl halides is 5. The first-order valence-electron chi connectivity index (χ1n) is 16.2. The molecule has 2 unspecified atom stereocenters. The summed E-state index contributed by atoms with van der Waals surface area (Å²) in [6.45, 7) is 1.94. The summed E-state index contributed by atoms with van der Waals surface area (Å²) in [5.41, 5.74) is -1.42. The van der Waals surface area contributed by atoms with E-state index < -0.39 is 53.1 Å². The van der Waals surface area contributed by atoms with Gasteiger partial charge in [0.25, 0.3) is 0 Å². The van der Waals surface area contributed by atoms with Gasteiger partial charge in [0.2, 0.25) is 0 Å². The third-order valence-corrected chi connectivity index (χ3v) is 9.13. The molecule has 7 rings (SSSR count). The van der Waals surface area contributed by atoms with Crippen LogP contribution in [0, 0.1) is 5.82 Å². The number of nitrogens with zero attached hydrogens (tertiary/aromatic N) is 10. The Morgan fingerprint density at radius 1 is 0.736 bits per heavy atom. The zero-order valence-corrected chi connectivity index (χ0v) is 27.6. The fraction of sp³-hybridized carbons (Fsp3) is 0.257. The topological polar surface area (TPSA) is 134 Å².